The summed E-state index contributed by atoms with van der Waals surface area (Å²) in [6.45, 7) is 3.57. The van der Waals surface area contributed by atoms with Crippen LogP contribution in [0.2, 0.25) is 0 Å². The summed E-state index contributed by atoms with van der Waals surface area (Å²) < 4.78 is 37.8. The van der Waals surface area contributed by atoms with Crippen LogP contribution in [-0.4, -0.2) is 10.9 Å². The second kappa shape index (κ2) is 6.20. The van der Waals surface area contributed by atoms with Crippen LogP contribution in [0.1, 0.15) is 27.2 Å². The average molecular weight is 344 g/mol. The molecule has 0 spiro atoms. The number of benzene rings is 2. The molecule has 0 fully saturated rings. The van der Waals surface area contributed by atoms with E-state index in [2.05, 4.69) is 10.3 Å². The molecule has 3 rings (SSSR count). The van der Waals surface area contributed by atoms with Crippen molar-refractivity contribution >= 4 is 22.5 Å². The van der Waals surface area contributed by atoms with Gasteiger partial charge < -0.3 is 5.32 Å². The van der Waals surface area contributed by atoms with Gasteiger partial charge in [-0.3, -0.25) is 9.78 Å². The third kappa shape index (κ3) is 3.33. The van der Waals surface area contributed by atoms with Crippen molar-refractivity contribution in [3.05, 3.63) is 70.9 Å². The van der Waals surface area contributed by atoms with Crippen molar-refractivity contribution in [2.75, 3.05) is 5.32 Å². The first-order chi connectivity index (χ1) is 11.8. The van der Waals surface area contributed by atoms with E-state index >= 15 is 0 Å². The minimum absolute atomic E-state index is 0.296. The number of halogens is 3. The van der Waals surface area contributed by atoms with E-state index in [1.165, 1.54) is 12.1 Å². The molecule has 1 N–H and O–H groups in total. The number of nitrogens with zero attached hydrogens (tertiary/aromatic N) is 1. The van der Waals surface area contributed by atoms with Gasteiger partial charge in [-0.25, -0.2) is 0 Å². The summed E-state index contributed by atoms with van der Waals surface area (Å²) in [5.41, 5.74) is 2.12. The number of carbonyl (C=O) groups is 1. The Morgan fingerprint density at radius 3 is 2.28 bits per heavy atom. The number of carbonyl (C=O) groups excluding carboxylic acids is 1. The maximum atomic E-state index is 12.6. The van der Waals surface area contributed by atoms with Gasteiger partial charge >= 0.3 is 6.18 Å². The van der Waals surface area contributed by atoms with Gasteiger partial charge in [-0.15, -0.1) is 0 Å². The van der Waals surface area contributed by atoms with Gasteiger partial charge in [0.1, 0.15) is 0 Å². The van der Waals surface area contributed by atoms with E-state index in [1.54, 1.807) is 6.92 Å². The van der Waals surface area contributed by atoms with Gasteiger partial charge in [0.25, 0.3) is 5.91 Å². The topological polar surface area (TPSA) is 42.0 Å². The number of fused-ring (bicyclic) bond motifs is 1. The van der Waals surface area contributed by atoms with Gasteiger partial charge in [-0.1, -0.05) is 18.2 Å². The molecule has 1 aromatic heterocycles. The highest BCUT2D eigenvalue weighted by Crippen LogP contribution is 2.30. The Kier molecular flexibility index (Phi) is 4.20. The summed E-state index contributed by atoms with van der Waals surface area (Å²) in [4.78, 5) is 17.0. The minimum atomic E-state index is -4.40. The van der Waals surface area contributed by atoms with Gasteiger partial charge in [0.2, 0.25) is 0 Å². The van der Waals surface area contributed by atoms with Crippen LogP contribution in [0.4, 0.5) is 18.9 Å². The third-order valence-electron chi connectivity index (χ3n) is 4.03. The lowest BCUT2D eigenvalue weighted by Gasteiger charge is -2.13. The number of pyridine rings is 1. The van der Waals surface area contributed by atoms with Crippen LogP contribution in [0.25, 0.3) is 10.9 Å². The van der Waals surface area contributed by atoms with E-state index in [1.807, 2.05) is 31.2 Å². The van der Waals surface area contributed by atoms with Crippen molar-refractivity contribution in [1.29, 1.82) is 0 Å². The lowest BCUT2D eigenvalue weighted by atomic mass is 10.0. The number of amides is 1. The maximum Gasteiger partial charge on any atom is 0.416 e. The zero-order chi connectivity index (χ0) is 18.2. The number of nitrogens with one attached hydrogen (secondary N) is 1. The fourth-order valence-electron chi connectivity index (χ4n) is 2.80. The summed E-state index contributed by atoms with van der Waals surface area (Å²) in [6.07, 6.45) is -4.40. The zero-order valence-corrected chi connectivity index (χ0v) is 13.6. The van der Waals surface area contributed by atoms with Crippen molar-refractivity contribution in [3.63, 3.8) is 0 Å². The molecule has 0 radical (unpaired) electrons. The highest BCUT2D eigenvalue weighted by atomic mass is 19.4. The third-order valence-corrected chi connectivity index (χ3v) is 4.03. The molecule has 0 atom stereocenters. The second-order valence-electron chi connectivity index (χ2n) is 5.74. The number of rotatable bonds is 2. The molecular formula is C19H15F3N2O. The smallest absolute Gasteiger partial charge is 0.322 e. The lowest BCUT2D eigenvalue weighted by molar-refractivity contribution is -0.137. The monoisotopic (exact) mass is 344 g/mol. The quantitative estimate of drug-likeness (QED) is 0.701. The first-order valence-corrected chi connectivity index (χ1v) is 7.62. The number of hydrogen-bond donors (Lipinski definition) is 1. The van der Waals surface area contributed by atoms with Crippen molar-refractivity contribution in [3.8, 4) is 0 Å². The lowest BCUT2D eigenvalue weighted by Crippen LogP contribution is -2.16. The summed E-state index contributed by atoms with van der Waals surface area (Å²) in [6, 6.07) is 11.8. The van der Waals surface area contributed by atoms with Gasteiger partial charge in [0.05, 0.1) is 22.3 Å². The molecule has 0 unspecified atom stereocenters. The van der Waals surface area contributed by atoms with Crippen molar-refractivity contribution in [2.24, 2.45) is 0 Å². The molecule has 0 bridgehead atoms. The first-order valence-electron chi connectivity index (χ1n) is 7.62. The van der Waals surface area contributed by atoms with Gasteiger partial charge in [0, 0.05) is 11.1 Å². The predicted molar refractivity (Wildman–Crippen MR) is 90.6 cm³/mol. The van der Waals surface area contributed by atoms with Crippen LogP contribution in [0, 0.1) is 13.8 Å². The zero-order valence-electron chi connectivity index (χ0n) is 13.6. The Morgan fingerprint density at radius 1 is 1.00 bits per heavy atom. The molecule has 6 heteroatoms. The molecule has 0 saturated carbocycles. The van der Waals surface area contributed by atoms with Crippen LogP contribution in [0.5, 0.6) is 0 Å². The molecule has 1 heterocycles. The molecule has 2 aromatic carbocycles. The van der Waals surface area contributed by atoms with E-state index in [0.29, 0.717) is 16.9 Å². The summed E-state index contributed by atoms with van der Waals surface area (Å²) in [5, 5.41) is 3.50. The summed E-state index contributed by atoms with van der Waals surface area (Å²) >= 11 is 0. The minimum Gasteiger partial charge on any atom is -0.322 e. The molecule has 0 aliphatic heterocycles. The fraction of sp³-hybridized carbons (Fsp3) is 0.158. The SMILES string of the molecule is Cc1nc2ccccc2c(C)c1C(=O)Nc1ccc(C(F)(F)F)cc1. The number of aromatic nitrogens is 1. The largest absolute Gasteiger partial charge is 0.416 e. The second-order valence-corrected chi connectivity index (χ2v) is 5.74. The van der Waals surface area contributed by atoms with Crippen LogP contribution in [-0.2, 0) is 6.18 Å². The molecule has 3 aromatic rings. The van der Waals surface area contributed by atoms with Crippen LogP contribution in [0.15, 0.2) is 48.5 Å². The first kappa shape index (κ1) is 17.0. The van der Waals surface area contributed by atoms with E-state index in [9.17, 15) is 18.0 Å². The van der Waals surface area contributed by atoms with E-state index < -0.39 is 17.6 Å². The Balaban J connectivity index is 1.92. The van der Waals surface area contributed by atoms with E-state index in [4.69, 9.17) is 0 Å². The molecule has 25 heavy (non-hydrogen) atoms. The number of alkyl halides is 3. The van der Waals surface area contributed by atoms with Gasteiger partial charge in [-0.05, 0) is 49.7 Å². The van der Waals surface area contributed by atoms with Crippen LogP contribution in [0.3, 0.4) is 0 Å². The number of anilines is 1. The number of para-hydroxylation sites is 1. The normalized spacial score (nSPS) is 11.6. The van der Waals surface area contributed by atoms with Gasteiger partial charge in [0.15, 0.2) is 0 Å². The van der Waals surface area contributed by atoms with Gasteiger partial charge in [-0.2, -0.15) is 13.2 Å². The molecule has 128 valence electrons. The Bertz CT molecular complexity index is 947. The highest BCUT2D eigenvalue weighted by molar-refractivity contribution is 6.08. The van der Waals surface area contributed by atoms with E-state index in [-0.39, 0.29) is 0 Å². The Morgan fingerprint density at radius 2 is 1.64 bits per heavy atom. The highest BCUT2D eigenvalue weighted by Gasteiger charge is 2.30. The molecular weight excluding hydrogens is 329 g/mol. The van der Waals surface area contributed by atoms with Crippen molar-refractivity contribution < 1.29 is 18.0 Å². The maximum absolute atomic E-state index is 12.6. The van der Waals surface area contributed by atoms with Crippen molar-refractivity contribution in [1.82, 2.24) is 4.98 Å². The molecule has 0 aliphatic carbocycles. The van der Waals surface area contributed by atoms with Crippen molar-refractivity contribution in [2.45, 2.75) is 20.0 Å². The number of aryl methyl sites for hydroxylation is 2. The summed E-state index contributed by atoms with van der Waals surface area (Å²) in [7, 11) is 0. The Labute approximate surface area is 142 Å². The summed E-state index contributed by atoms with van der Waals surface area (Å²) in [5.74, 6) is -0.395. The molecule has 0 aliphatic rings. The van der Waals surface area contributed by atoms with Crippen LogP contribution >= 0.6 is 0 Å². The Hall–Kier alpha value is -2.89. The fourth-order valence-corrected chi connectivity index (χ4v) is 2.80. The molecule has 0 saturated heterocycles. The molecule has 3 nitrogen and oxygen atoms in total. The van der Waals surface area contributed by atoms with Crippen LogP contribution < -0.4 is 5.32 Å². The molecule has 1 amide bonds. The van der Waals surface area contributed by atoms with E-state index in [0.717, 1.165) is 28.6 Å². The standard InChI is InChI=1S/C19H15F3N2O/c1-11-15-5-3-4-6-16(15)23-12(2)17(11)18(25)24-14-9-7-13(8-10-14)19(20,21)22/h3-10H,1-2H3,(H,24,25). The predicted octanol–water partition coefficient (Wildman–Crippen LogP) is 5.12. The number of hydrogen-bond acceptors (Lipinski definition) is 2. The average Bonchev–Trinajstić information content (AvgIpc) is 2.54.